The molecular weight excluding hydrogens is 356 g/mol. The molecule has 5 heteroatoms. The average molecular weight is 378 g/mol. The first-order chi connectivity index (χ1) is 13.6. The van der Waals surface area contributed by atoms with Gasteiger partial charge in [-0.1, -0.05) is 80.4 Å². The lowest BCUT2D eigenvalue weighted by Gasteiger charge is -2.11. The van der Waals surface area contributed by atoms with Crippen LogP contribution in [0.5, 0.6) is 0 Å². The number of esters is 2. The number of unbranched alkanes of at least 4 members (excludes halogenated alkanes) is 2. The molecule has 0 amide bonds. The summed E-state index contributed by atoms with van der Waals surface area (Å²) >= 11 is 0. The van der Waals surface area contributed by atoms with Crippen LogP contribution >= 0.6 is 0 Å². The molecule has 2 aromatic rings. The second kappa shape index (κ2) is 9.04. The van der Waals surface area contributed by atoms with Crippen LogP contribution in [0.15, 0.2) is 72.2 Å². The first kappa shape index (κ1) is 19.4. The lowest BCUT2D eigenvalue weighted by molar-refractivity contribution is -0.137. The van der Waals surface area contributed by atoms with Crippen molar-refractivity contribution in [1.29, 1.82) is 0 Å². The average Bonchev–Trinajstić information content (AvgIpc) is 3.01. The molecule has 0 atom stereocenters. The molecule has 0 aliphatic carbocycles. The normalized spacial score (nSPS) is 15.4. The maximum absolute atomic E-state index is 12.8. The fraction of sp³-hybridized carbons (Fsp3) is 0.217. The number of cyclic esters (lactones) is 1. The summed E-state index contributed by atoms with van der Waals surface area (Å²) in [6, 6.07) is 17.4. The van der Waals surface area contributed by atoms with Gasteiger partial charge in [-0.25, -0.2) is 9.59 Å². The van der Waals surface area contributed by atoms with Gasteiger partial charge in [0, 0.05) is 0 Å². The Hall–Kier alpha value is -3.34. The molecule has 0 unspecified atom stereocenters. The molecule has 28 heavy (non-hydrogen) atoms. The first-order valence-electron chi connectivity index (χ1n) is 9.31. The molecule has 0 fully saturated rings. The zero-order valence-electron chi connectivity index (χ0n) is 15.7. The number of aliphatic hydroxyl groups is 1. The Labute approximate surface area is 163 Å². The van der Waals surface area contributed by atoms with Crippen LogP contribution in [0.1, 0.15) is 37.3 Å². The Balaban J connectivity index is 2.04. The van der Waals surface area contributed by atoms with E-state index >= 15 is 0 Å². The van der Waals surface area contributed by atoms with Gasteiger partial charge in [0.15, 0.2) is 11.5 Å². The van der Waals surface area contributed by atoms with Gasteiger partial charge >= 0.3 is 11.9 Å². The Bertz CT molecular complexity index is 911. The predicted octanol–water partition coefficient (Wildman–Crippen LogP) is 4.66. The van der Waals surface area contributed by atoms with E-state index in [-0.39, 0.29) is 29.3 Å². The topological polar surface area (TPSA) is 72.8 Å². The van der Waals surface area contributed by atoms with Crippen molar-refractivity contribution in [2.45, 2.75) is 26.2 Å². The summed E-state index contributed by atoms with van der Waals surface area (Å²) < 4.78 is 10.7. The molecule has 144 valence electrons. The molecule has 1 aliphatic rings. The van der Waals surface area contributed by atoms with E-state index in [1.165, 1.54) is 0 Å². The third-order valence-electron chi connectivity index (χ3n) is 4.39. The Morgan fingerprint density at radius 3 is 2.29 bits per heavy atom. The number of carbonyl (C=O) groups is 2. The monoisotopic (exact) mass is 378 g/mol. The quantitative estimate of drug-likeness (QED) is 0.431. The summed E-state index contributed by atoms with van der Waals surface area (Å²) in [6.45, 7) is 2.32. The lowest BCUT2D eigenvalue weighted by Crippen LogP contribution is -2.12. The van der Waals surface area contributed by atoms with Crippen molar-refractivity contribution in [2.24, 2.45) is 0 Å². The first-order valence-corrected chi connectivity index (χ1v) is 9.31. The van der Waals surface area contributed by atoms with Crippen LogP contribution in [0.3, 0.4) is 0 Å². The van der Waals surface area contributed by atoms with E-state index < -0.39 is 11.9 Å². The molecule has 3 rings (SSSR count). The minimum atomic E-state index is -0.703. The molecule has 1 N–H and O–H groups in total. The maximum atomic E-state index is 12.8. The van der Waals surface area contributed by atoms with Crippen molar-refractivity contribution in [3.63, 3.8) is 0 Å². The number of hydrogen-bond donors (Lipinski definition) is 1. The van der Waals surface area contributed by atoms with Crippen molar-refractivity contribution in [2.75, 3.05) is 6.61 Å². The molecule has 0 saturated carbocycles. The largest absolute Gasteiger partial charge is 0.504 e. The Morgan fingerprint density at radius 1 is 1.00 bits per heavy atom. The Morgan fingerprint density at radius 2 is 1.64 bits per heavy atom. The van der Waals surface area contributed by atoms with Gasteiger partial charge < -0.3 is 14.6 Å². The molecule has 0 spiro atoms. The van der Waals surface area contributed by atoms with Crippen molar-refractivity contribution in [3.8, 4) is 0 Å². The van der Waals surface area contributed by atoms with Crippen LogP contribution in [0.2, 0.25) is 0 Å². The van der Waals surface area contributed by atoms with E-state index in [0.717, 1.165) is 19.3 Å². The van der Waals surface area contributed by atoms with Gasteiger partial charge in [0.05, 0.1) is 6.61 Å². The summed E-state index contributed by atoms with van der Waals surface area (Å²) in [4.78, 5) is 25.2. The number of ether oxygens (including phenoxy) is 2. The Kier molecular flexibility index (Phi) is 6.27. The lowest BCUT2D eigenvalue weighted by atomic mass is 10.0. The van der Waals surface area contributed by atoms with Crippen LogP contribution < -0.4 is 0 Å². The molecule has 0 bridgehead atoms. The molecule has 2 aromatic carbocycles. The third kappa shape index (κ3) is 4.14. The van der Waals surface area contributed by atoms with Crippen LogP contribution in [0, 0.1) is 0 Å². The minimum Gasteiger partial charge on any atom is -0.504 e. The summed E-state index contributed by atoms with van der Waals surface area (Å²) in [5.41, 5.74) is 1.09. The SMILES string of the molecule is CCCCCOC(=O)/C(=C1/OC(=O)C(c2ccccc2)=C1O)c1ccccc1. The van der Waals surface area contributed by atoms with Crippen LogP contribution in [-0.2, 0) is 19.1 Å². The fourth-order valence-electron chi connectivity index (χ4n) is 2.97. The van der Waals surface area contributed by atoms with Gasteiger partial charge in [-0.3, -0.25) is 0 Å². The van der Waals surface area contributed by atoms with E-state index in [9.17, 15) is 14.7 Å². The molecule has 1 aliphatic heterocycles. The molecule has 1 heterocycles. The van der Waals surface area contributed by atoms with Gasteiger partial charge in [-0.2, -0.15) is 0 Å². The molecule has 0 saturated heterocycles. The number of rotatable bonds is 7. The summed E-state index contributed by atoms with van der Waals surface area (Å²) in [5, 5.41) is 10.7. The van der Waals surface area contributed by atoms with Crippen LogP contribution in [0.4, 0.5) is 0 Å². The zero-order valence-corrected chi connectivity index (χ0v) is 15.7. The van der Waals surface area contributed by atoms with E-state index in [1.54, 1.807) is 54.6 Å². The summed E-state index contributed by atoms with van der Waals surface area (Å²) in [5.74, 6) is -1.87. The predicted molar refractivity (Wildman–Crippen MR) is 106 cm³/mol. The van der Waals surface area contributed by atoms with Crippen molar-refractivity contribution in [1.82, 2.24) is 0 Å². The van der Waals surface area contributed by atoms with Gasteiger partial charge in [-0.05, 0) is 17.5 Å². The van der Waals surface area contributed by atoms with Crippen LogP contribution in [-0.4, -0.2) is 23.7 Å². The smallest absolute Gasteiger partial charge is 0.348 e. The minimum absolute atomic E-state index is 0.0304. The van der Waals surface area contributed by atoms with Crippen molar-refractivity contribution in [3.05, 3.63) is 83.3 Å². The molecular formula is C23H22O5. The number of hydrogen-bond acceptors (Lipinski definition) is 5. The standard InChI is InChI=1S/C23H22O5/c1-2-3-10-15-27-22(25)19(17-13-8-5-9-14-17)21-20(24)18(23(26)28-21)16-11-6-4-7-12-16/h4-9,11-14,24H,2-3,10,15H2,1H3/b21-19+. The maximum Gasteiger partial charge on any atom is 0.348 e. The fourth-order valence-corrected chi connectivity index (χ4v) is 2.97. The van der Waals surface area contributed by atoms with E-state index in [0.29, 0.717) is 11.1 Å². The van der Waals surface area contributed by atoms with Gasteiger partial charge in [0.1, 0.15) is 11.1 Å². The van der Waals surface area contributed by atoms with Gasteiger partial charge in [-0.15, -0.1) is 0 Å². The molecule has 0 radical (unpaired) electrons. The summed E-state index contributed by atoms with van der Waals surface area (Å²) in [7, 11) is 0. The highest BCUT2D eigenvalue weighted by Crippen LogP contribution is 2.36. The third-order valence-corrected chi connectivity index (χ3v) is 4.39. The van der Waals surface area contributed by atoms with Crippen molar-refractivity contribution < 1.29 is 24.2 Å². The number of carbonyl (C=O) groups excluding carboxylic acids is 2. The van der Waals surface area contributed by atoms with Crippen LogP contribution in [0.25, 0.3) is 11.1 Å². The zero-order chi connectivity index (χ0) is 19.9. The van der Waals surface area contributed by atoms with E-state index in [2.05, 4.69) is 6.92 Å². The van der Waals surface area contributed by atoms with Gasteiger partial charge in [0.2, 0.25) is 0 Å². The highest BCUT2D eigenvalue weighted by Gasteiger charge is 2.36. The molecule has 0 aromatic heterocycles. The summed E-state index contributed by atoms with van der Waals surface area (Å²) in [6.07, 6.45) is 2.70. The highest BCUT2D eigenvalue weighted by molar-refractivity contribution is 6.25. The second-order valence-electron chi connectivity index (χ2n) is 6.39. The van der Waals surface area contributed by atoms with Crippen molar-refractivity contribution >= 4 is 23.1 Å². The number of aliphatic hydroxyl groups excluding tert-OH is 1. The van der Waals surface area contributed by atoms with Gasteiger partial charge in [0.25, 0.3) is 0 Å². The molecule has 5 nitrogen and oxygen atoms in total. The van der Waals surface area contributed by atoms with E-state index in [4.69, 9.17) is 9.47 Å². The highest BCUT2D eigenvalue weighted by atomic mass is 16.6. The number of benzene rings is 2. The van der Waals surface area contributed by atoms with E-state index in [1.807, 2.05) is 6.07 Å². The second-order valence-corrected chi connectivity index (χ2v) is 6.39.